The number of hydrogen-bond donors (Lipinski definition) is 0. The molecule has 1 atom stereocenters. The molecule has 3 aliphatic rings. The van der Waals surface area contributed by atoms with E-state index in [2.05, 4.69) is 162 Å². The van der Waals surface area contributed by atoms with Crippen molar-refractivity contribution in [2.24, 2.45) is 5.10 Å². The lowest BCUT2D eigenvalue weighted by molar-refractivity contribution is -0.566. The Bertz CT molecular complexity index is 1710. The fourth-order valence-corrected chi connectivity index (χ4v) is 6.57. The van der Waals surface area contributed by atoms with Gasteiger partial charge in [-0.2, -0.15) is 0 Å². The SMILES string of the molecule is C1=CC(=[N+]2N=C(c3ccccc3)CC2c2ccccc2)C=CC1=C1C=C(c2ccccc2)SC(c2ccccc2)=C1. The Kier molecular flexibility index (Phi) is 7.02. The number of rotatable bonds is 4. The van der Waals surface area contributed by atoms with Gasteiger partial charge in [-0.3, -0.25) is 0 Å². The van der Waals surface area contributed by atoms with E-state index in [1.165, 1.54) is 43.2 Å². The molecule has 41 heavy (non-hydrogen) atoms. The fraction of sp³-hybridized carbons (Fsp3) is 0.0526. The third-order valence-corrected chi connectivity index (χ3v) is 8.72. The van der Waals surface area contributed by atoms with Crippen LogP contribution in [-0.2, 0) is 0 Å². The number of thioether (sulfide) groups is 1. The average molecular weight is 546 g/mol. The molecular weight excluding hydrogens is 516 g/mol. The second-order valence-electron chi connectivity index (χ2n) is 10.2. The zero-order chi connectivity index (χ0) is 27.4. The average Bonchev–Trinajstić information content (AvgIpc) is 3.52. The third-order valence-electron chi connectivity index (χ3n) is 7.58. The topological polar surface area (TPSA) is 15.4 Å². The van der Waals surface area contributed by atoms with Gasteiger partial charge in [-0.25, -0.2) is 0 Å². The van der Waals surface area contributed by atoms with Gasteiger partial charge in [0.05, 0.1) is 6.42 Å². The highest BCUT2D eigenvalue weighted by Crippen LogP contribution is 2.44. The summed E-state index contributed by atoms with van der Waals surface area (Å²) in [5, 5.41) is 5.15. The lowest BCUT2D eigenvalue weighted by Crippen LogP contribution is -2.17. The maximum atomic E-state index is 5.15. The molecule has 0 saturated carbocycles. The molecule has 0 aromatic heterocycles. The van der Waals surface area contributed by atoms with Crippen LogP contribution in [0.3, 0.4) is 0 Å². The van der Waals surface area contributed by atoms with E-state index < -0.39 is 0 Å². The first kappa shape index (κ1) is 25.3. The molecule has 0 spiro atoms. The van der Waals surface area contributed by atoms with Gasteiger partial charge in [0.1, 0.15) is 5.71 Å². The van der Waals surface area contributed by atoms with E-state index in [0.717, 1.165) is 17.8 Å². The summed E-state index contributed by atoms with van der Waals surface area (Å²) < 4.78 is 2.19. The van der Waals surface area contributed by atoms with Gasteiger partial charge in [0.2, 0.25) is 11.8 Å². The molecule has 0 radical (unpaired) electrons. The van der Waals surface area contributed by atoms with Crippen molar-refractivity contribution in [3.63, 3.8) is 0 Å². The molecule has 1 unspecified atom stereocenters. The van der Waals surface area contributed by atoms with Crippen LogP contribution < -0.4 is 0 Å². The van der Waals surface area contributed by atoms with Crippen LogP contribution in [-0.4, -0.2) is 16.1 Å². The highest BCUT2D eigenvalue weighted by molar-refractivity contribution is 8.16. The first-order valence-electron chi connectivity index (χ1n) is 14.0. The van der Waals surface area contributed by atoms with Crippen molar-refractivity contribution < 1.29 is 4.68 Å². The van der Waals surface area contributed by atoms with E-state index in [1.54, 1.807) is 0 Å². The Labute approximate surface area is 245 Å². The molecule has 0 bridgehead atoms. The molecule has 3 heteroatoms. The van der Waals surface area contributed by atoms with Crippen molar-refractivity contribution in [1.29, 1.82) is 0 Å². The molecule has 0 saturated heterocycles. The molecule has 0 N–H and O–H groups in total. The summed E-state index contributed by atoms with van der Waals surface area (Å²) in [5.74, 6) is 0. The zero-order valence-electron chi connectivity index (χ0n) is 22.6. The molecule has 0 fully saturated rings. The predicted octanol–water partition coefficient (Wildman–Crippen LogP) is 9.24. The van der Waals surface area contributed by atoms with Crippen molar-refractivity contribution >= 4 is 33.0 Å². The largest absolute Gasteiger partial charge is 0.232 e. The molecule has 7 rings (SSSR count). The third kappa shape index (κ3) is 5.37. The lowest BCUT2D eigenvalue weighted by Gasteiger charge is -2.18. The van der Waals surface area contributed by atoms with Crippen LogP contribution in [0.25, 0.3) is 9.81 Å². The minimum Gasteiger partial charge on any atom is -0.0888 e. The van der Waals surface area contributed by atoms with Crippen LogP contribution in [0.2, 0.25) is 0 Å². The number of hydrazone groups is 1. The molecule has 2 heterocycles. The van der Waals surface area contributed by atoms with E-state index in [-0.39, 0.29) is 6.04 Å². The number of nitrogens with zero attached hydrogens (tertiary/aromatic N) is 2. The van der Waals surface area contributed by atoms with Gasteiger partial charge in [-0.05, 0) is 51.7 Å². The van der Waals surface area contributed by atoms with Gasteiger partial charge in [0.25, 0.3) is 0 Å². The predicted molar refractivity (Wildman–Crippen MR) is 174 cm³/mol. The monoisotopic (exact) mass is 545 g/mol. The summed E-state index contributed by atoms with van der Waals surface area (Å²) in [6, 6.07) is 42.7. The normalized spacial score (nSPS) is 18.3. The van der Waals surface area contributed by atoms with Crippen molar-refractivity contribution in [2.75, 3.05) is 0 Å². The fourth-order valence-electron chi connectivity index (χ4n) is 5.45. The van der Waals surface area contributed by atoms with Crippen LogP contribution in [0.15, 0.2) is 174 Å². The van der Waals surface area contributed by atoms with Crippen molar-refractivity contribution in [3.05, 3.63) is 191 Å². The Hall–Kier alpha value is -4.73. The van der Waals surface area contributed by atoms with Crippen molar-refractivity contribution in [1.82, 2.24) is 0 Å². The summed E-state index contributed by atoms with van der Waals surface area (Å²) in [7, 11) is 0. The summed E-state index contributed by atoms with van der Waals surface area (Å²) in [6.07, 6.45) is 14.4. The Balaban J connectivity index is 1.29. The van der Waals surface area contributed by atoms with Crippen LogP contribution >= 0.6 is 11.8 Å². The van der Waals surface area contributed by atoms with Gasteiger partial charge in [-0.15, -0.1) is 0 Å². The second kappa shape index (κ2) is 11.4. The molecule has 4 aromatic carbocycles. The molecule has 1 aliphatic carbocycles. The summed E-state index contributed by atoms with van der Waals surface area (Å²) >= 11 is 1.83. The van der Waals surface area contributed by atoms with Crippen molar-refractivity contribution in [2.45, 2.75) is 12.5 Å². The van der Waals surface area contributed by atoms with E-state index in [0.29, 0.717) is 0 Å². The molecule has 4 aromatic rings. The summed E-state index contributed by atoms with van der Waals surface area (Å²) in [6.45, 7) is 0. The molecule has 2 nitrogen and oxygen atoms in total. The quantitative estimate of drug-likeness (QED) is 0.233. The molecule has 2 aliphatic heterocycles. The smallest absolute Gasteiger partial charge is 0.0888 e. The number of allylic oxidation sites excluding steroid dienone is 8. The molecule has 0 amide bonds. The maximum Gasteiger partial charge on any atom is 0.232 e. The van der Waals surface area contributed by atoms with Gasteiger partial charge < -0.3 is 0 Å². The van der Waals surface area contributed by atoms with Gasteiger partial charge in [-0.1, -0.05) is 138 Å². The first-order valence-corrected chi connectivity index (χ1v) is 14.8. The molecular formula is C38H29N2S+. The highest BCUT2D eigenvalue weighted by atomic mass is 32.2. The standard InChI is InChI=1S/C38H29N2S/c1-5-13-29(14-6-1)35-27-36(30-15-7-2-8-16-30)40(39-35)34-23-21-28(22-24-34)33-25-37(31-17-9-3-10-18-31)41-38(26-33)32-19-11-4-12-20-32/h1-26,36H,27H2/q+1. The summed E-state index contributed by atoms with van der Waals surface area (Å²) in [5.41, 5.74) is 9.54. The van der Waals surface area contributed by atoms with Crippen LogP contribution in [0.4, 0.5) is 0 Å². The maximum absolute atomic E-state index is 5.15. The Morgan fingerprint density at radius 1 is 0.537 bits per heavy atom. The van der Waals surface area contributed by atoms with E-state index in [1.807, 2.05) is 11.8 Å². The first-order chi connectivity index (χ1) is 20.3. The van der Waals surface area contributed by atoms with Gasteiger partial charge >= 0.3 is 0 Å². The minimum atomic E-state index is 0.158. The Morgan fingerprint density at radius 3 is 1.56 bits per heavy atom. The van der Waals surface area contributed by atoms with Gasteiger partial charge in [0, 0.05) is 33.1 Å². The molecule has 196 valence electrons. The Morgan fingerprint density at radius 2 is 1.02 bits per heavy atom. The van der Waals surface area contributed by atoms with E-state index >= 15 is 0 Å². The van der Waals surface area contributed by atoms with Crippen LogP contribution in [0.5, 0.6) is 0 Å². The van der Waals surface area contributed by atoms with Crippen LogP contribution in [0, 0.1) is 0 Å². The van der Waals surface area contributed by atoms with E-state index in [4.69, 9.17) is 5.10 Å². The van der Waals surface area contributed by atoms with Crippen LogP contribution in [0.1, 0.15) is 34.7 Å². The van der Waals surface area contributed by atoms with Gasteiger partial charge in [0.15, 0.2) is 0 Å². The lowest BCUT2D eigenvalue weighted by atomic mass is 9.97. The second-order valence-corrected chi connectivity index (χ2v) is 11.3. The number of hydrogen-bond acceptors (Lipinski definition) is 2. The minimum absolute atomic E-state index is 0.158. The van der Waals surface area contributed by atoms with Crippen molar-refractivity contribution in [3.8, 4) is 0 Å². The zero-order valence-corrected chi connectivity index (χ0v) is 23.4. The summed E-state index contributed by atoms with van der Waals surface area (Å²) in [4.78, 5) is 2.51. The number of benzene rings is 4. The van der Waals surface area contributed by atoms with E-state index in [9.17, 15) is 0 Å². The highest BCUT2D eigenvalue weighted by Gasteiger charge is 2.36.